The Morgan fingerprint density at radius 1 is 1.41 bits per heavy atom. The quantitative estimate of drug-likeness (QED) is 0.816. The standard InChI is InChI=1S/C13H21NO3/c1-9-2-3-10(6-9)7-14-8-11(13(16)17)4-5-12(14)15/h9-11H,2-8H2,1H3,(H,16,17). The minimum absolute atomic E-state index is 0.141. The molecule has 1 saturated carbocycles. The molecule has 0 radical (unpaired) electrons. The molecule has 0 bridgehead atoms. The number of likely N-dealkylation sites (tertiary alicyclic amines) is 1. The molecule has 1 aliphatic carbocycles. The molecular formula is C13H21NO3. The molecule has 2 aliphatic rings. The molecule has 17 heavy (non-hydrogen) atoms. The number of piperidine rings is 1. The van der Waals surface area contributed by atoms with Crippen molar-refractivity contribution in [1.29, 1.82) is 0 Å². The fraction of sp³-hybridized carbons (Fsp3) is 0.846. The molecule has 3 unspecified atom stereocenters. The van der Waals surface area contributed by atoms with Gasteiger partial charge in [0.2, 0.25) is 5.91 Å². The Kier molecular flexibility index (Phi) is 3.69. The summed E-state index contributed by atoms with van der Waals surface area (Å²) in [5.41, 5.74) is 0. The monoisotopic (exact) mass is 239 g/mol. The summed E-state index contributed by atoms with van der Waals surface area (Å²) < 4.78 is 0. The van der Waals surface area contributed by atoms with Crippen molar-refractivity contribution in [3.05, 3.63) is 0 Å². The van der Waals surface area contributed by atoms with E-state index in [4.69, 9.17) is 5.11 Å². The van der Waals surface area contributed by atoms with Gasteiger partial charge in [0.1, 0.15) is 0 Å². The second-order valence-corrected chi connectivity index (χ2v) is 5.66. The number of carbonyl (C=O) groups excluding carboxylic acids is 1. The number of carboxylic acid groups (broad SMARTS) is 1. The Hall–Kier alpha value is -1.06. The van der Waals surface area contributed by atoms with Crippen molar-refractivity contribution >= 4 is 11.9 Å². The molecule has 4 nitrogen and oxygen atoms in total. The molecule has 96 valence electrons. The van der Waals surface area contributed by atoms with E-state index < -0.39 is 5.97 Å². The first-order valence-corrected chi connectivity index (χ1v) is 6.57. The normalized spacial score (nSPS) is 34.1. The minimum Gasteiger partial charge on any atom is -0.481 e. The van der Waals surface area contributed by atoms with E-state index in [2.05, 4.69) is 6.92 Å². The minimum atomic E-state index is -0.762. The molecule has 0 aromatic heterocycles. The van der Waals surface area contributed by atoms with Gasteiger partial charge in [-0.2, -0.15) is 0 Å². The zero-order valence-electron chi connectivity index (χ0n) is 10.4. The molecule has 4 heteroatoms. The number of carboxylic acids is 1. The lowest BCUT2D eigenvalue weighted by molar-refractivity contribution is -0.147. The van der Waals surface area contributed by atoms with Gasteiger partial charge in [0.15, 0.2) is 0 Å². The highest BCUT2D eigenvalue weighted by Crippen LogP contribution is 2.32. The van der Waals surface area contributed by atoms with Crippen LogP contribution in [0.2, 0.25) is 0 Å². The Bertz CT molecular complexity index is 316. The van der Waals surface area contributed by atoms with Crippen molar-refractivity contribution < 1.29 is 14.7 Å². The van der Waals surface area contributed by atoms with E-state index in [-0.39, 0.29) is 11.8 Å². The lowest BCUT2D eigenvalue weighted by atomic mass is 9.96. The van der Waals surface area contributed by atoms with Crippen LogP contribution < -0.4 is 0 Å². The molecule has 2 fully saturated rings. The Morgan fingerprint density at radius 3 is 2.76 bits per heavy atom. The van der Waals surface area contributed by atoms with Crippen molar-refractivity contribution in [2.24, 2.45) is 17.8 Å². The predicted octanol–water partition coefficient (Wildman–Crippen LogP) is 1.75. The summed E-state index contributed by atoms with van der Waals surface area (Å²) in [5, 5.41) is 9.01. The average Bonchev–Trinajstić information content (AvgIpc) is 2.67. The van der Waals surface area contributed by atoms with Gasteiger partial charge in [-0.25, -0.2) is 0 Å². The lowest BCUT2D eigenvalue weighted by Crippen LogP contribution is -2.44. The summed E-state index contributed by atoms with van der Waals surface area (Å²) in [4.78, 5) is 24.5. The highest BCUT2D eigenvalue weighted by atomic mass is 16.4. The van der Waals surface area contributed by atoms with Crippen molar-refractivity contribution in [2.45, 2.75) is 39.0 Å². The number of amides is 1. The molecule has 1 aliphatic heterocycles. The number of hydrogen-bond acceptors (Lipinski definition) is 2. The highest BCUT2D eigenvalue weighted by molar-refractivity contribution is 5.80. The molecule has 1 amide bonds. The molecule has 3 atom stereocenters. The van der Waals surface area contributed by atoms with Crippen LogP contribution in [0.3, 0.4) is 0 Å². The van der Waals surface area contributed by atoms with Crippen LogP contribution in [-0.2, 0) is 9.59 Å². The van der Waals surface area contributed by atoms with Gasteiger partial charge in [0.05, 0.1) is 5.92 Å². The maximum atomic E-state index is 11.8. The number of rotatable bonds is 3. The third-order valence-electron chi connectivity index (χ3n) is 4.13. The summed E-state index contributed by atoms with van der Waals surface area (Å²) in [6.45, 7) is 3.43. The number of nitrogens with zero attached hydrogens (tertiary/aromatic N) is 1. The smallest absolute Gasteiger partial charge is 0.308 e. The molecule has 0 aromatic carbocycles. The van der Waals surface area contributed by atoms with Crippen LogP contribution in [-0.4, -0.2) is 35.0 Å². The summed E-state index contributed by atoms with van der Waals surface area (Å²) >= 11 is 0. The molecule has 2 rings (SSSR count). The molecule has 1 heterocycles. The summed E-state index contributed by atoms with van der Waals surface area (Å²) in [7, 11) is 0. The highest BCUT2D eigenvalue weighted by Gasteiger charge is 2.32. The van der Waals surface area contributed by atoms with E-state index in [1.807, 2.05) is 0 Å². The number of aliphatic carboxylic acids is 1. The first-order chi connectivity index (χ1) is 8.06. The van der Waals surface area contributed by atoms with Crippen LogP contribution in [0.15, 0.2) is 0 Å². The number of carbonyl (C=O) groups is 2. The van der Waals surface area contributed by atoms with Crippen LogP contribution in [0.5, 0.6) is 0 Å². The Morgan fingerprint density at radius 2 is 2.18 bits per heavy atom. The maximum absolute atomic E-state index is 11.8. The van der Waals surface area contributed by atoms with Crippen LogP contribution in [0.1, 0.15) is 39.0 Å². The van der Waals surface area contributed by atoms with Gasteiger partial charge in [0.25, 0.3) is 0 Å². The zero-order valence-corrected chi connectivity index (χ0v) is 10.4. The molecule has 1 N–H and O–H groups in total. The van der Waals surface area contributed by atoms with Crippen molar-refractivity contribution in [3.8, 4) is 0 Å². The van der Waals surface area contributed by atoms with E-state index >= 15 is 0 Å². The molecule has 0 aromatic rings. The van der Waals surface area contributed by atoms with E-state index in [0.29, 0.717) is 25.3 Å². The Labute approximate surface area is 102 Å². The van der Waals surface area contributed by atoms with Gasteiger partial charge in [-0.1, -0.05) is 13.3 Å². The van der Waals surface area contributed by atoms with Crippen molar-refractivity contribution in [1.82, 2.24) is 4.90 Å². The predicted molar refractivity (Wildman–Crippen MR) is 63.4 cm³/mol. The van der Waals surface area contributed by atoms with E-state index in [1.54, 1.807) is 4.90 Å². The second-order valence-electron chi connectivity index (χ2n) is 5.66. The maximum Gasteiger partial charge on any atom is 0.308 e. The average molecular weight is 239 g/mol. The van der Waals surface area contributed by atoms with Gasteiger partial charge in [0, 0.05) is 19.5 Å². The SMILES string of the molecule is CC1CCC(CN2CC(C(=O)O)CCC2=O)C1. The number of hydrogen-bond donors (Lipinski definition) is 1. The Balaban J connectivity index is 1.89. The molecule has 1 saturated heterocycles. The molecular weight excluding hydrogens is 218 g/mol. The van der Waals surface area contributed by atoms with Gasteiger partial charge in [-0.3, -0.25) is 9.59 Å². The van der Waals surface area contributed by atoms with Gasteiger partial charge in [-0.05, 0) is 31.1 Å². The van der Waals surface area contributed by atoms with Crippen LogP contribution >= 0.6 is 0 Å². The van der Waals surface area contributed by atoms with Crippen molar-refractivity contribution in [3.63, 3.8) is 0 Å². The van der Waals surface area contributed by atoms with Gasteiger partial charge in [-0.15, -0.1) is 0 Å². The zero-order chi connectivity index (χ0) is 12.4. The van der Waals surface area contributed by atoms with Crippen LogP contribution in [0, 0.1) is 17.8 Å². The van der Waals surface area contributed by atoms with E-state index in [0.717, 1.165) is 12.5 Å². The van der Waals surface area contributed by atoms with Crippen LogP contribution in [0.4, 0.5) is 0 Å². The second kappa shape index (κ2) is 5.07. The first kappa shape index (κ1) is 12.4. The van der Waals surface area contributed by atoms with Crippen molar-refractivity contribution in [2.75, 3.05) is 13.1 Å². The fourth-order valence-electron chi connectivity index (χ4n) is 3.10. The van der Waals surface area contributed by atoms with Crippen LogP contribution in [0.25, 0.3) is 0 Å². The summed E-state index contributed by atoms with van der Waals surface area (Å²) in [6, 6.07) is 0. The third kappa shape index (κ3) is 2.99. The topological polar surface area (TPSA) is 57.6 Å². The summed E-state index contributed by atoms with van der Waals surface area (Å²) in [6.07, 6.45) is 4.52. The largest absolute Gasteiger partial charge is 0.481 e. The lowest BCUT2D eigenvalue weighted by Gasteiger charge is -2.32. The van der Waals surface area contributed by atoms with Gasteiger partial charge >= 0.3 is 5.97 Å². The van der Waals surface area contributed by atoms with Gasteiger partial charge < -0.3 is 10.0 Å². The third-order valence-corrected chi connectivity index (χ3v) is 4.13. The molecule has 0 spiro atoms. The fourth-order valence-corrected chi connectivity index (χ4v) is 3.10. The first-order valence-electron chi connectivity index (χ1n) is 6.57. The summed E-state index contributed by atoms with van der Waals surface area (Å²) in [5.74, 6) is 0.368. The van der Waals surface area contributed by atoms with E-state index in [1.165, 1.54) is 19.3 Å². The van der Waals surface area contributed by atoms with E-state index in [9.17, 15) is 9.59 Å².